The Kier molecular flexibility index (Phi) is 8.28. The van der Waals surface area contributed by atoms with Crippen LogP contribution in [-0.2, 0) is 30.4 Å². The van der Waals surface area contributed by atoms with Gasteiger partial charge in [0.1, 0.15) is 6.61 Å². The molecule has 1 atom stereocenters. The van der Waals surface area contributed by atoms with Crippen LogP contribution in [0.5, 0.6) is 11.5 Å². The average Bonchev–Trinajstić information content (AvgIpc) is 3.44. The van der Waals surface area contributed by atoms with Crippen LogP contribution < -0.4 is 9.47 Å². The first-order valence-corrected chi connectivity index (χ1v) is 11.9. The normalized spacial score (nSPS) is 17.8. The van der Waals surface area contributed by atoms with Gasteiger partial charge in [0.05, 0.1) is 44.5 Å². The van der Waals surface area contributed by atoms with Crippen LogP contribution in [0, 0.1) is 0 Å². The van der Waals surface area contributed by atoms with Gasteiger partial charge in [-0.15, -0.1) is 0 Å². The zero-order valence-corrected chi connectivity index (χ0v) is 20.8. The summed E-state index contributed by atoms with van der Waals surface area (Å²) in [5, 5.41) is 0. The van der Waals surface area contributed by atoms with Crippen LogP contribution in [-0.4, -0.2) is 57.4 Å². The molecule has 0 aliphatic carbocycles. The van der Waals surface area contributed by atoms with Crippen LogP contribution in [0.2, 0.25) is 0 Å². The SMILES string of the molecule is COC(=O)C1=CN(C[C@@H]2CCCO2)C=C(C(=O)OC)C1c1ccc(OCc2ccccc2)c(OC)c1. The highest BCUT2D eigenvalue weighted by Gasteiger charge is 2.36. The lowest BCUT2D eigenvalue weighted by atomic mass is 9.83. The van der Waals surface area contributed by atoms with Gasteiger partial charge in [-0.1, -0.05) is 36.4 Å². The molecule has 2 aliphatic rings. The molecule has 0 spiro atoms. The first-order valence-electron chi connectivity index (χ1n) is 11.9. The summed E-state index contributed by atoms with van der Waals surface area (Å²) in [4.78, 5) is 27.6. The van der Waals surface area contributed by atoms with Gasteiger partial charge in [-0.3, -0.25) is 0 Å². The number of carbonyl (C=O) groups excluding carboxylic acids is 2. The first kappa shape index (κ1) is 25.3. The van der Waals surface area contributed by atoms with Crippen LogP contribution >= 0.6 is 0 Å². The summed E-state index contributed by atoms with van der Waals surface area (Å²) in [6, 6.07) is 15.2. The van der Waals surface area contributed by atoms with Gasteiger partial charge in [0.25, 0.3) is 0 Å². The maximum Gasteiger partial charge on any atom is 0.336 e. The van der Waals surface area contributed by atoms with E-state index in [4.69, 9.17) is 23.7 Å². The Balaban J connectivity index is 1.67. The van der Waals surface area contributed by atoms with Crippen molar-refractivity contribution in [2.24, 2.45) is 0 Å². The summed E-state index contributed by atoms with van der Waals surface area (Å²) in [6.07, 6.45) is 5.37. The maximum atomic E-state index is 12.9. The van der Waals surface area contributed by atoms with E-state index < -0.39 is 17.9 Å². The quantitative estimate of drug-likeness (QED) is 0.486. The fraction of sp³-hybridized carbons (Fsp3) is 0.357. The first-order chi connectivity index (χ1) is 17.5. The van der Waals surface area contributed by atoms with Crippen LogP contribution in [0.1, 0.15) is 29.9 Å². The van der Waals surface area contributed by atoms with Gasteiger partial charge >= 0.3 is 11.9 Å². The molecule has 2 aliphatic heterocycles. The second kappa shape index (κ2) is 11.8. The predicted octanol–water partition coefficient (Wildman–Crippen LogP) is 3.97. The highest BCUT2D eigenvalue weighted by atomic mass is 16.5. The minimum absolute atomic E-state index is 0.0213. The van der Waals surface area contributed by atoms with Crippen LogP contribution in [0.15, 0.2) is 72.1 Å². The fourth-order valence-electron chi connectivity index (χ4n) is 4.49. The van der Waals surface area contributed by atoms with Gasteiger partial charge < -0.3 is 28.6 Å². The van der Waals surface area contributed by atoms with Crippen molar-refractivity contribution in [1.82, 2.24) is 4.90 Å². The molecule has 190 valence electrons. The minimum atomic E-state index is -0.706. The number of benzene rings is 2. The third kappa shape index (κ3) is 5.71. The third-order valence-corrected chi connectivity index (χ3v) is 6.27. The topological polar surface area (TPSA) is 83.5 Å². The Labute approximate surface area is 211 Å². The highest BCUT2D eigenvalue weighted by molar-refractivity contribution is 5.98. The minimum Gasteiger partial charge on any atom is -0.493 e. The number of ether oxygens (including phenoxy) is 5. The average molecular weight is 494 g/mol. The van der Waals surface area contributed by atoms with Crippen molar-refractivity contribution in [2.75, 3.05) is 34.5 Å². The van der Waals surface area contributed by atoms with E-state index in [1.165, 1.54) is 14.2 Å². The molecule has 0 radical (unpaired) electrons. The van der Waals surface area contributed by atoms with Crippen molar-refractivity contribution in [3.63, 3.8) is 0 Å². The number of rotatable bonds is 9. The van der Waals surface area contributed by atoms with E-state index in [2.05, 4.69) is 0 Å². The molecule has 2 aromatic rings. The molecule has 0 unspecified atom stereocenters. The van der Waals surface area contributed by atoms with E-state index in [0.717, 1.165) is 18.4 Å². The molecular weight excluding hydrogens is 462 g/mol. The molecular formula is C28H31NO7. The van der Waals surface area contributed by atoms with Crippen molar-refractivity contribution in [1.29, 1.82) is 0 Å². The summed E-state index contributed by atoms with van der Waals surface area (Å²) in [5.41, 5.74) is 2.33. The molecule has 0 amide bonds. The van der Waals surface area contributed by atoms with Gasteiger partial charge in [0, 0.05) is 25.6 Å². The number of carbonyl (C=O) groups is 2. The standard InChI is InChI=1S/C28H31NO7/c1-32-25-14-20(11-12-24(25)36-18-19-8-5-4-6-9-19)26-22(27(30)33-2)16-29(15-21-10-7-13-35-21)17-23(26)28(31)34-3/h4-6,8-9,11-12,14,16-17,21,26H,7,10,13,15,18H2,1-3H3/t21-/m0/s1. The van der Waals surface area contributed by atoms with Crippen molar-refractivity contribution in [3.8, 4) is 11.5 Å². The zero-order chi connectivity index (χ0) is 25.5. The lowest BCUT2D eigenvalue weighted by Crippen LogP contribution is -2.32. The number of hydrogen-bond donors (Lipinski definition) is 0. The largest absolute Gasteiger partial charge is 0.493 e. The van der Waals surface area contributed by atoms with Crippen molar-refractivity contribution in [3.05, 3.63) is 83.2 Å². The summed E-state index contributed by atoms with van der Waals surface area (Å²) >= 11 is 0. The second-order valence-electron chi connectivity index (χ2n) is 8.60. The van der Waals surface area contributed by atoms with E-state index in [-0.39, 0.29) is 6.10 Å². The number of hydrogen-bond acceptors (Lipinski definition) is 8. The van der Waals surface area contributed by atoms with Crippen LogP contribution in [0.3, 0.4) is 0 Å². The van der Waals surface area contributed by atoms with E-state index in [1.807, 2.05) is 36.4 Å². The smallest absolute Gasteiger partial charge is 0.336 e. The van der Waals surface area contributed by atoms with Crippen molar-refractivity contribution < 1.29 is 33.3 Å². The predicted molar refractivity (Wildman–Crippen MR) is 132 cm³/mol. The molecule has 0 bridgehead atoms. The van der Waals surface area contributed by atoms with E-state index in [1.54, 1.807) is 36.5 Å². The van der Waals surface area contributed by atoms with Crippen LogP contribution in [0.25, 0.3) is 0 Å². The monoisotopic (exact) mass is 493 g/mol. The molecule has 1 saturated heterocycles. The highest BCUT2D eigenvalue weighted by Crippen LogP contribution is 2.40. The Hall–Kier alpha value is -3.78. The molecule has 1 fully saturated rings. The third-order valence-electron chi connectivity index (χ3n) is 6.27. The van der Waals surface area contributed by atoms with E-state index in [0.29, 0.717) is 48.0 Å². The summed E-state index contributed by atoms with van der Waals surface area (Å²) in [6.45, 7) is 1.60. The number of methoxy groups -OCH3 is 3. The summed E-state index contributed by atoms with van der Waals surface area (Å²) in [5.74, 6) is -0.736. The van der Waals surface area contributed by atoms with Gasteiger partial charge in [-0.25, -0.2) is 9.59 Å². The van der Waals surface area contributed by atoms with Gasteiger partial charge in [-0.05, 0) is 36.1 Å². The van der Waals surface area contributed by atoms with Crippen molar-refractivity contribution in [2.45, 2.75) is 31.5 Å². The van der Waals surface area contributed by atoms with Crippen molar-refractivity contribution >= 4 is 11.9 Å². The number of nitrogens with zero attached hydrogens (tertiary/aromatic N) is 1. The fourth-order valence-corrected chi connectivity index (χ4v) is 4.49. The van der Waals surface area contributed by atoms with Crippen LogP contribution in [0.4, 0.5) is 0 Å². The molecule has 0 saturated carbocycles. The Morgan fingerprint density at radius 1 is 0.944 bits per heavy atom. The molecule has 0 aromatic heterocycles. The second-order valence-corrected chi connectivity index (χ2v) is 8.60. The molecule has 0 N–H and O–H groups in total. The summed E-state index contributed by atoms with van der Waals surface area (Å²) in [7, 11) is 4.19. The zero-order valence-electron chi connectivity index (χ0n) is 20.8. The molecule has 2 aromatic carbocycles. The van der Waals surface area contributed by atoms with E-state index >= 15 is 0 Å². The van der Waals surface area contributed by atoms with Gasteiger partial charge in [0.2, 0.25) is 0 Å². The molecule has 8 nitrogen and oxygen atoms in total. The molecule has 8 heteroatoms. The molecule has 36 heavy (non-hydrogen) atoms. The van der Waals surface area contributed by atoms with Gasteiger partial charge in [0.15, 0.2) is 11.5 Å². The lowest BCUT2D eigenvalue weighted by Gasteiger charge is -2.31. The Morgan fingerprint density at radius 3 is 2.22 bits per heavy atom. The maximum absolute atomic E-state index is 12.9. The number of esters is 2. The Bertz CT molecular complexity index is 1100. The molecule has 4 rings (SSSR count). The summed E-state index contributed by atoms with van der Waals surface area (Å²) < 4.78 is 27.5. The van der Waals surface area contributed by atoms with E-state index in [9.17, 15) is 9.59 Å². The van der Waals surface area contributed by atoms with Gasteiger partial charge in [-0.2, -0.15) is 0 Å². The lowest BCUT2D eigenvalue weighted by molar-refractivity contribution is -0.137. The Morgan fingerprint density at radius 2 is 1.64 bits per heavy atom. The molecule has 2 heterocycles.